The molecule has 0 atom stereocenters. The van der Waals surface area contributed by atoms with E-state index in [1.54, 1.807) is 24.3 Å². The van der Waals surface area contributed by atoms with Crippen molar-refractivity contribution in [2.24, 2.45) is 0 Å². The number of anilines is 1. The average Bonchev–Trinajstić information content (AvgIpc) is 2.19. The summed E-state index contributed by atoms with van der Waals surface area (Å²) in [6, 6.07) is 6.84. The summed E-state index contributed by atoms with van der Waals surface area (Å²) in [5.74, 6) is 0.754. The molecule has 0 radical (unpaired) electrons. The first-order valence-electron chi connectivity index (χ1n) is 4.48. The van der Waals surface area contributed by atoms with E-state index in [-0.39, 0.29) is 12.4 Å². The molecule has 1 rings (SSSR count). The van der Waals surface area contributed by atoms with E-state index < -0.39 is 0 Å². The van der Waals surface area contributed by atoms with Gasteiger partial charge in [-0.25, -0.2) is 0 Å². The summed E-state index contributed by atoms with van der Waals surface area (Å²) in [6.07, 6.45) is 0. The standard InChI is InChI=1S/C10H14ClNO2/c11-5-6-12(7-8-13)9-1-3-10(14)4-2-9/h1-4,13-14H,5-8H2. The Morgan fingerprint density at radius 3 is 2.29 bits per heavy atom. The molecule has 0 aliphatic carbocycles. The fourth-order valence-electron chi connectivity index (χ4n) is 1.26. The number of aliphatic hydroxyl groups excluding tert-OH is 1. The summed E-state index contributed by atoms with van der Waals surface area (Å²) in [4.78, 5) is 1.96. The molecule has 14 heavy (non-hydrogen) atoms. The highest BCUT2D eigenvalue weighted by molar-refractivity contribution is 6.18. The third-order valence-electron chi connectivity index (χ3n) is 1.94. The Labute approximate surface area is 88.5 Å². The highest BCUT2D eigenvalue weighted by Crippen LogP contribution is 2.17. The van der Waals surface area contributed by atoms with Crippen LogP contribution in [0.15, 0.2) is 24.3 Å². The van der Waals surface area contributed by atoms with Crippen LogP contribution >= 0.6 is 11.6 Å². The van der Waals surface area contributed by atoms with E-state index >= 15 is 0 Å². The molecule has 0 aliphatic heterocycles. The monoisotopic (exact) mass is 215 g/mol. The average molecular weight is 216 g/mol. The number of aromatic hydroxyl groups is 1. The van der Waals surface area contributed by atoms with E-state index in [2.05, 4.69) is 0 Å². The van der Waals surface area contributed by atoms with Gasteiger partial charge in [0.05, 0.1) is 6.61 Å². The molecule has 78 valence electrons. The van der Waals surface area contributed by atoms with Gasteiger partial charge in [-0.15, -0.1) is 11.6 Å². The maximum Gasteiger partial charge on any atom is 0.115 e. The van der Waals surface area contributed by atoms with E-state index in [1.807, 2.05) is 4.90 Å². The Hall–Kier alpha value is -0.930. The molecule has 0 unspecified atom stereocenters. The van der Waals surface area contributed by atoms with Crippen molar-refractivity contribution >= 4 is 17.3 Å². The molecule has 4 heteroatoms. The van der Waals surface area contributed by atoms with Gasteiger partial charge in [-0.3, -0.25) is 0 Å². The maximum absolute atomic E-state index is 9.10. The molecule has 0 heterocycles. The number of aliphatic hydroxyl groups is 1. The Bertz CT molecular complexity index is 257. The largest absolute Gasteiger partial charge is 0.508 e. The third-order valence-corrected chi connectivity index (χ3v) is 2.11. The quantitative estimate of drug-likeness (QED) is 0.731. The molecular weight excluding hydrogens is 202 g/mol. The Kier molecular flexibility index (Phi) is 4.56. The number of nitrogens with zero attached hydrogens (tertiary/aromatic N) is 1. The van der Waals surface area contributed by atoms with E-state index in [0.29, 0.717) is 19.0 Å². The normalized spacial score (nSPS) is 10.1. The van der Waals surface area contributed by atoms with Crippen molar-refractivity contribution in [2.45, 2.75) is 0 Å². The lowest BCUT2D eigenvalue weighted by Crippen LogP contribution is -2.28. The smallest absolute Gasteiger partial charge is 0.115 e. The van der Waals surface area contributed by atoms with Crippen molar-refractivity contribution in [3.05, 3.63) is 24.3 Å². The van der Waals surface area contributed by atoms with Gasteiger partial charge in [0.15, 0.2) is 0 Å². The molecule has 0 amide bonds. The van der Waals surface area contributed by atoms with Gasteiger partial charge >= 0.3 is 0 Å². The molecule has 3 nitrogen and oxygen atoms in total. The molecule has 0 bridgehead atoms. The molecule has 0 saturated heterocycles. The van der Waals surface area contributed by atoms with Crippen LogP contribution in [0.1, 0.15) is 0 Å². The summed E-state index contributed by atoms with van der Waals surface area (Å²) in [7, 11) is 0. The fraction of sp³-hybridized carbons (Fsp3) is 0.400. The van der Waals surface area contributed by atoms with Gasteiger partial charge in [0.1, 0.15) is 5.75 Å². The summed E-state index contributed by atoms with van der Waals surface area (Å²) < 4.78 is 0. The molecule has 0 fully saturated rings. The molecule has 0 spiro atoms. The lowest BCUT2D eigenvalue weighted by atomic mass is 10.2. The van der Waals surface area contributed by atoms with Crippen molar-refractivity contribution in [3.8, 4) is 5.75 Å². The SMILES string of the molecule is OCCN(CCCl)c1ccc(O)cc1. The van der Waals surface area contributed by atoms with Gasteiger partial charge in [0.25, 0.3) is 0 Å². The van der Waals surface area contributed by atoms with Crippen molar-refractivity contribution in [1.29, 1.82) is 0 Å². The van der Waals surface area contributed by atoms with Crippen LogP contribution in [-0.2, 0) is 0 Å². The molecule has 0 saturated carbocycles. The van der Waals surface area contributed by atoms with E-state index in [1.165, 1.54) is 0 Å². The van der Waals surface area contributed by atoms with Gasteiger partial charge in [0, 0.05) is 24.7 Å². The van der Waals surface area contributed by atoms with Crippen molar-refractivity contribution < 1.29 is 10.2 Å². The van der Waals surface area contributed by atoms with Gasteiger partial charge in [-0.1, -0.05) is 0 Å². The maximum atomic E-state index is 9.10. The molecule has 0 aliphatic rings. The summed E-state index contributed by atoms with van der Waals surface area (Å²) in [5.41, 5.74) is 0.956. The van der Waals surface area contributed by atoms with Gasteiger partial charge in [0.2, 0.25) is 0 Å². The van der Waals surface area contributed by atoms with Crippen molar-refractivity contribution in [1.82, 2.24) is 0 Å². The molecule has 0 aromatic heterocycles. The lowest BCUT2D eigenvalue weighted by molar-refractivity contribution is 0.302. The van der Waals surface area contributed by atoms with Crippen LogP contribution in [0, 0.1) is 0 Å². The minimum absolute atomic E-state index is 0.0950. The summed E-state index contributed by atoms with van der Waals surface area (Å²) >= 11 is 5.64. The number of benzene rings is 1. The predicted octanol–water partition coefficient (Wildman–Crippen LogP) is 1.43. The zero-order valence-electron chi connectivity index (χ0n) is 7.86. The van der Waals surface area contributed by atoms with E-state index in [4.69, 9.17) is 21.8 Å². The number of halogens is 1. The van der Waals surface area contributed by atoms with Gasteiger partial charge in [-0.05, 0) is 24.3 Å². The van der Waals surface area contributed by atoms with Crippen LogP contribution in [0.5, 0.6) is 5.75 Å². The van der Waals surface area contributed by atoms with Crippen LogP contribution < -0.4 is 4.90 Å². The third kappa shape index (κ3) is 3.09. The Balaban J connectivity index is 2.71. The first kappa shape index (κ1) is 11.1. The van der Waals surface area contributed by atoms with E-state index in [9.17, 15) is 0 Å². The second-order valence-electron chi connectivity index (χ2n) is 2.92. The first-order chi connectivity index (χ1) is 6.77. The Morgan fingerprint density at radius 2 is 1.79 bits per heavy atom. The second kappa shape index (κ2) is 5.73. The number of rotatable bonds is 5. The number of hydrogen-bond acceptors (Lipinski definition) is 3. The summed E-state index contributed by atoms with van der Waals surface area (Å²) in [6.45, 7) is 1.34. The second-order valence-corrected chi connectivity index (χ2v) is 3.29. The minimum atomic E-state index is 0.0950. The number of phenols is 1. The minimum Gasteiger partial charge on any atom is -0.508 e. The Morgan fingerprint density at radius 1 is 1.14 bits per heavy atom. The highest BCUT2D eigenvalue weighted by atomic mass is 35.5. The van der Waals surface area contributed by atoms with Crippen LogP contribution in [0.3, 0.4) is 0 Å². The van der Waals surface area contributed by atoms with E-state index in [0.717, 1.165) is 5.69 Å². The van der Waals surface area contributed by atoms with Crippen LogP contribution in [-0.4, -0.2) is 35.8 Å². The molecule has 1 aromatic carbocycles. The lowest BCUT2D eigenvalue weighted by Gasteiger charge is -2.22. The van der Waals surface area contributed by atoms with Gasteiger partial charge in [-0.2, -0.15) is 0 Å². The first-order valence-corrected chi connectivity index (χ1v) is 5.02. The zero-order chi connectivity index (χ0) is 10.4. The van der Waals surface area contributed by atoms with Crippen LogP contribution in [0.4, 0.5) is 5.69 Å². The highest BCUT2D eigenvalue weighted by Gasteiger charge is 2.04. The molecular formula is C10H14ClNO2. The van der Waals surface area contributed by atoms with Crippen molar-refractivity contribution in [3.63, 3.8) is 0 Å². The number of phenolic OH excluding ortho intramolecular Hbond substituents is 1. The molecule has 2 N–H and O–H groups in total. The predicted molar refractivity (Wildman–Crippen MR) is 58.1 cm³/mol. The fourth-order valence-corrected chi connectivity index (χ4v) is 1.46. The topological polar surface area (TPSA) is 43.7 Å². The number of hydrogen-bond donors (Lipinski definition) is 2. The molecule has 1 aromatic rings. The number of alkyl halides is 1. The van der Waals surface area contributed by atoms with Crippen LogP contribution in [0.2, 0.25) is 0 Å². The summed E-state index contributed by atoms with van der Waals surface area (Å²) in [5, 5.41) is 17.9. The van der Waals surface area contributed by atoms with Crippen LogP contribution in [0.25, 0.3) is 0 Å². The van der Waals surface area contributed by atoms with Gasteiger partial charge < -0.3 is 15.1 Å². The zero-order valence-corrected chi connectivity index (χ0v) is 8.61. The van der Waals surface area contributed by atoms with Crippen molar-refractivity contribution in [2.75, 3.05) is 30.5 Å².